The van der Waals surface area contributed by atoms with Crippen molar-refractivity contribution in [2.24, 2.45) is 0 Å². The lowest BCUT2D eigenvalue weighted by Gasteiger charge is -2.10. The van der Waals surface area contributed by atoms with Crippen LogP contribution in [0.3, 0.4) is 0 Å². The third-order valence-corrected chi connectivity index (χ3v) is 3.32. The van der Waals surface area contributed by atoms with Crippen LogP contribution >= 0.6 is 0 Å². The monoisotopic (exact) mass is 280 g/mol. The molecule has 2 aromatic carbocycles. The van der Waals surface area contributed by atoms with E-state index in [0.717, 1.165) is 27.9 Å². The van der Waals surface area contributed by atoms with Gasteiger partial charge in [0.2, 0.25) is 0 Å². The topological polar surface area (TPSA) is 54.1 Å². The van der Waals surface area contributed by atoms with Crippen molar-refractivity contribution < 1.29 is 9.53 Å². The second kappa shape index (κ2) is 5.71. The zero-order valence-electron chi connectivity index (χ0n) is 11.7. The fourth-order valence-electron chi connectivity index (χ4n) is 2.24. The fraction of sp³-hybridized carbons (Fsp3) is 0.118. The summed E-state index contributed by atoms with van der Waals surface area (Å²) in [5, 5.41) is 3.86. The van der Waals surface area contributed by atoms with Gasteiger partial charge < -0.3 is 15.0 Å². The second-order valence-electron chi connectivity index (χ2n) is 4.85. The van der Waals surface area contributed by atoms with E-state index in [0.29, 0.717) is 0 Å². The fourth-order valence-corrected chi connectivity index (χ4v) is 2.24. The van der Waals surface area contributed by atoms with Crippen molar-refractivity contribution in [2.75, 3.05) is 11.9 Å². The number of carbonyl (C=O) groups excluding carboxylic acids is 1. The standard InChI is InChI=1S/C17H16N2O2/c1-12-5-2-3-8-16(12)21-11-17(20)19-15-7-4-6-14-13(15)9-10-18-14/h2-10,18H,11H2,1H3,(H,19,20). The van der Waals surface area contributed by atoms with Gasteiger partial charge in [-0.1, -0.05) is 24.3 Å². The zero-order valence-corrected chi connectivity index (χ0v) is 11.7. The first-order chi connectivity index (χ1) is 10.2. The van der Waals surface area contributed by atoms with Gasteiger partial charge in [0.05, 0.1) is 5.69 Å². The molecule has 1 aromatic heterocycles. The van der Waals surface area contributed by atoms with E-state index in [-0.39, 0.29) is 12.5 Å². The van der Waals surface area contributed by atoms with E-state index >= 15 is 0 Å². The van der Waals surface area contributed by atoms with Gasteiger partial charge in [0.25, 0.3) is 5.91 Å². The Morgan fingerprint density at radius 3 is 2.86 bits per heavy atom. The van der Waals surface area contributed by atoms with Crippen LogP contribution in [0.2, 0.25) is 0 Å². The molecule has 0 fully saturated rings. The number of benzene rings is 2. The Labute approximate surface area is 122 Å². The quantitative estimate of drug-likeness (QED) is 0.768. The van der Waals surface area contributed by atoms with Gasteiger partial charge in [-0.2, -0.15) is 0 Å². The number of aryl methyl sites for hydroxylation is 1. The van der Waals surface area contributed by atoms with Crippen LogP contribution in [0.1, 0.15) is 5.56 Å². The molecule has 0 unspecified atom stereocenters. The average Bonchev–Trinajstić information content (AvgIpc) is 2.96. The van der Waals surface area contributed by atoms with Gasteiger partial charge in [0.1, 0.15) is 5.75 Å². The molecular formula is C17H16N2O2. The van der Waals surface area contributed by atoms with Crippen molar-refractivity contribution in [3.8, 4) is 5.75 Å². The summed E-state index contributed by atoms with van der Waals surface area (Å²) in [4.78, 5) is 15.1. The highest BCUT2D eigenvalue weighted by atomic mass is 16.5. The second-order valence-corrected chi connectivity index (χ2v) is 4.85. The SMILES string of the molecule is Cc1ccccc1OCC(=O)Nc1cccc2[nH]ccc12. The molecule has 0 spiro atoms. The number of aromatic nitrogens is 1. The lowest BCUT2D eigenvalue weighted by atomic mass is 10.2. The van der Waals surface area contributed by atoms with Gasteiger partial charge in [-0.15, -0.1) is 0 Å². The highest BCUT2D eigenvalue weighted by molar-refractivity contribution is 6.01. The Morgan fingerprint density at radius 1 is 1.14 bits per heavy atom. The molecule has 0 aliphatic carbocycles. The van der Waals surface area contributed by atoms with Crippen LogP contribution in [0.15, 0.2) is 54.7 Å². The minimum atomic E-state index is -0.174. The van der Waals surface area contributed by atoms with Crippen molar-refractivity contribution in [1.29, 1.82) is 0 Å². The normalized spacial score (nSPS) is 10.5. The third-order valence-electron chi connectivity index (χ3n) is 3.32. The molecule has 0 atom stereocenters. The number of ether oxygens (including phenoxy) is 1. The molecule has 0 aliphatic heterocycles. The Balaban J connectivity index is 1.67. The van der Waals surface area contributed by atoms with Crippen molar-refractivity contribution in [3.63, 3.8) is 0 Å². The number of anilines is 1. The summed E-state index contributed by atoms with van der Waals surface area (Å²) >= 11 is 0. The van der Waals surface area contributed by atoms with Crippen LogP contribution in [0, 0.1) is 6.92 Å². The summed E-state index contributed by atoms with van der Waals surface area (Å²) in [6.07, 6.45) is 1.85. The first kappa shape index (κ1) is 13.2. The summed E-state index contributed by atoms with van der Waals surface area (Å²) in [5.41, 5.74) is 2.79. The lowest BCUT2D eigenvalue weighted by Crippen LogP contribution is -2.20. The van der Waals surface area contributed by atoms with Crippen LogP contribution in [0.4, 0.5) is 5.69 Å². The van der Waals surface area contributed by atoms with E-state index in [1.807, 2.05) is 61.7 Å². The van der Waals surface area contributed by atoms with Crippen molar-refractivity contribution in [3.05, 3.63) is 60.3 Å². The molecule has 4 nitrogen and oxygen atoms in total. The smallest absolute Gasteiger partial charge is 0.262 e. The van der Waals surface area contributed by atoms with Crippen LogP contribution in [0.5, 0.6) is 5.75 Å². The summed E-state index contributed by atoms with van der Waals surface area (Å²) in [7, 11) is 0. The Hall–Kier alpha value is -2.75. The largest absolute Gasteiger partial charge is 0.483 e. The van der Waals surface area contributed by atoms with Crippen LogP contribution < -0.4 is 10.1 Å². The van der Waals surface area contributed by atoms with E-state index in [9.17, 15) is 4.79 Å². The molecule has 4 heteroatoms. The van der Waals surface area contributed by atoms with Gasteiger partial charge in [0, 0.05) is 17.1 Å². The molecule has 0 aliphatic rings. The Kier molecular flexibility index (Phi) is 3.60. The van der Waals surface area contributed by atoms with Crippen molar-refractivity contribution >= 4 is 22.5 Å². The Morgan fingerprint density at radius 2 is 2.00 bits per heavy atom. The molecular weight excluding hydrogens is 264 g/mol. The minimum Gasteiger partial charge on any atom is -0.483 e. The third kappa shape index (κ3) is 2.89. The molecule has 2 N–H and O–H groups in total. The van der Waals surface area contributed by atoms with E-state index in [4.69, 9.17) is 4.74 Å². The maximum absolute atomic E-state index is 12.0. The molecule has 1 heterocycles. The molecule has 0 radical (unpaired) electrons. The highest BCUT2D eigenvalue weighted by Crippen LogP contribution is 2.22. The Bertz CT molecular complexity index is 777. The van der Waals surface area contributed by atoms with E-state index < -0.39 is 0 Å². The minimum absolute atomic E-state index is 0.00827. The number of amides is 1. The first-order valence-corrected chi connectivity index (χ1v) is 6.78. The molecule has 0 saturated heterocycles. The maximum atomic E-state index is 12.0. The summed E-state index contributed by atoms with van der Waals surface area (Å²) in [5.74, 6) is 0.555. The predicted octanol–water partition coefficient (Wildman–Crippen LogP) is 3.49. The van der Waals surface area contributed by atoms with Crippen molar-refractivity contribution in [2.45, 2.75) is 6.92 Å². The van der Waals surface area contributed by atoms with E-state index in [1.165, 1.54) is 0 Å². The molecule has 1 amide bonds. The van der Waals surface area contributed by atoms with Gasteiger partial charge in [-0.3, -0.25) is 4.79 Å². The highest BCUT2D eigenvalue weighted by Gasteiger charge is 2.07. The van der Waals surface area contributed by atoms with E-state index in [2.05, 4.69) is 10.3 Å². The van der Waals surface area contributed by atoms with Gasteiger partial charge in [0.15, 0.2) is 6.61 Å². The van der Waals surface area contributed by atoms with Gasteiger partial charge in [-0.25, -0.2) is 0 Å². The molecule has 0 saturated carbocycles. The summed E-state index contributed by atoms with van der Waals surface area (Å²) in [6, 6.07) is 15.3. The predicted molar refractivity (Wildman–Crippen MR) is 83.6 cm³/mol. The lowest BCUT2D eigenvalue weighted by molar-refractivity contribution is -0.118. The van der Waals surface area contributed by atoms with Crippen molar-refractivity contribution in [1.82, 2.24) is 4.98 Å². The number of rotatable bonds is 4. The first-order valence-electron chi connectivity index (χ1n) is 6.78. The zero-order chi connectivity index (χ0) is 14.7. The number of carbonyl (C=O) groups is 1. The molecule has 21 heavy (non-hydrogen) atoms. The van der Waals surface area contributed by atoms with Crippen LogP contribution in [-0.2, 0) is 4.79 Å². The summed E-state index contributed by atoms with van der Waals surface area (Å²) in [6.45, 7) is 1.94. The van der Waals surface area contributed by atoms with Crippen LogP contribution in [-0.4, -0.2) is 17.5 Å². The van der Waals surface area contributed by atoms with E-state index in [1.54, 1.807) is 0 Å². The van der Waals surface area contributed by atoms with Gasteiger partial charge in [-0.05, 0) is 36.8 Å². The number of hydrogen-bond donors (Lipinski definition) is 2. The number of fused-ring (bicyclic) bond motifs is 1. The molecule has 106 valence electrons. The van der Waals surface area contributed by atoms with Gasteiger partial charge >= 0.3 is 0 Å². The summed E-state index contributed by atoms with van der Waals surface area (Å²) < 4.78 is 5.54. The number of hydrogen-bond acceptors (Lipinski definition) is 2. The average molecular weight is 280 g/mol. The number of nitrogens with one attached hydrogen (secondary N) is 2. The maximum Gasteiger partial charge on any atom is 0.262 e. The molecule has 3 aromatic rings. The molecule has 3 rings (SSSR count). The number of H-pyrrole nitrogens is 1. The van der Waals surface area contributed by atoms with Crippen LogP contribution in [0.25, 0.3) is 10.9 Å². The number of aromatic amines is 1. The number of para-hydroxylation sites is 1. The molecule has 0 bridgehead atoms.